The molecule has 1 saturated heterocycles. The normalized spacial score (nSPS) is 16.4. The van der Waals surface area contributed by atoms with Crippen LogP contribution in [0.4, 0.5) is 10.1 Å². The molecule has 1 heterocycles. The van der Waals surface area contributed by atoms with Crippen molar-refractivity contribution in [3.8, 4) is 22.6 Å². The van der Waals surface area contributed by atoms with Gasteiger partial charge in [0.2, 0.25) is 0 Å². The molecule has 0 bridgehead atoms. The molecule has 0 radical (unpaired) electrons. The van der Waals surface area contributed by atoms with E-state index in [1.54, 1.807) is 6.07 Å². The van der Waals surface area contributed by atoms with Crippen molar-refractivity contribution in [2.24, 2.45) is 0 Å². The summed E-state index contributed by atoms with van der Waals surface area (Å²) >= 11 is 0. The Morgan fingerprint density at radius 1 is 1.00 bits per heavy atom. The molecule has 1 aliphatic heterocycles. The third kappa shape index (κ3) is 3.89. The molecule has 0 aliphatic carbocycles. The quantitative estimate of drug-likeness (QED) is 0.477. The minimum absolute atomic E-state index is 0.219. The van der Waals surface area contributed by atoms with E-state index in [9.17, 15) is 4.39 Å². The summed E-state index contributed by atoms with van der Waals surface area (Å²) in [6.45, 7) is 5.35. The molecule has 0 N–H and O–H groups in total. The third-order valence-corrected chi connectivity index (χ3v) is 5.52. The first-order valence-corrected chi connectivity index (χ1v) is 10.0. The SMILES string of the molecule is CC[C@@H]1CCCN1c1ccc(Oc2cccc(-c3cc(C)ccc3F)c2)cc1. The Morgan fingerprint density at radius 2 is 1.82 bits per heavy atom. The summed E-state index contributed by atoms with van der Waals surface area (Å²) in [5.41, 5.74) is 3.71. The monoisotopic (exact) mass is 375 g/mol. The van der Waals surface area contributed by atoms with E-state index >= 15 is 0 Å². The Kier molecular flexibility index (Phi) is 5.34. The van der Waals surface area contributed by atoms with Crippen LogP contribution in [0.15, 0.2) is 66.7 Å². The molecule has 1 atom stereocenters. The van der Waals surface area contributed by atoms with Gasteiger partial charge in [-0.25, -0.2) is 4.39 Å². The predicted octanol–water partition coefficient (Wildman–Crippen LogP) is 6.97. The molecule has 0 aromatic heterocycles. The minimum Gasteiger partial charge on any atom is -0.457 e. The summed E-state index contributed by atoms with van der Waals surface area (Å²) in [5, 5.41) is 0. The lowest BCUT2D eigenvalue weighted by atomic mass is 10.0. The number of halogens is 1. The summed E-state index contributed by atoms with van der Waals surface area (Å²) < 4.78 is 20.3. The molecule has 3 heteroatoms. The van der Waals surface area contributed by atoms with Crippen LogP contribution in [0.1, 0.15) is 31.7 Å². The fourth-order valence-corrected chi connectivity index (χ4v) is 4.03. The smallest absolute Gasteiger partial charge is 0.131 e. The molecular formula is C25H26FNO. The van der Waals surface area contributed by atoms with Crippen LogP contribution in [-0.4, -0.2) is 12.6 Å². The van der Waals surface area contributed by atoms with Crippen LogP contribution in [0.25, 0.3) is 11.1 Å². The van der Waals surface area contributed by atoms with Crippen molar-refractivity contribution in [1.82, 2.24) is 0 Å². The van der Waals surface area contributed by atoms with Gasteiger partial charge in [0.25, 0.3) is 0 Å². The van der Waals surface area contributed by atoms with Gasteiger partial charge in [0.15, 0.2) is 0 Å². The van der Waals surface area contributed by atoms with Crippen molar-refractivity contribution < 1.29 is 9.13 Å². The third-order valence-electron chi connectivity index (χ3n) is 5.52. The van der Waals surface area contributed by atoms with Crippen molar-refractivity contribution in [3.05, 3.63) is 78.1 Å². The summed E-state index contributed by atoms with van der Waals surface area (Å²) in [5.74, 6) is 1.28. The first kappa shape index (κ1) is 18.5. The van der Waals surface area contributed by atoms with Gasteiger partial charge >= 0.3 is 0 Å². The number of ether oxygens (including phenoxy) is 1. The summed E-state index contributed by atoms with van der Waals surface area (Å²) in [7, 11) is 0. The number of aryl methyl sites for hydroxylation is 1. The van der Waals surface area contributed by atoms with Crippen molar-refractivity contribution in [2.75, 3.05) is 11.4 Å². The Balaban J connectivity index is 1.52. The van der Waals surface area contributed by atoms with Gasteiger partial charge in [-0.15, -0.1) is 0 Å². The van der Waals surface area contributed by atoms with Crippen LogP contribution in [0.5, 0.6) is 11.5 Å². The molecule has 1 aliphatic rings. The Morgan fingerprint density at radius 3 is 2.61 bits per heavy atom. The van der Waals surface area contributed by atoms with Gasteiger partial charge in [-0.3, -0.25) is 0 Å². The lowest BCUT2D eigenvalue weighted by molar-refractivity contribution is 0.483. The molecule has 144 valence electrons. The second-order valence-electron chi connectivity index (χ2n) is 7.50. The molecule has 3 aromatic rings. The zero-order chi connectivity index (χ0) is 19.5. The van der Waals surface area contributed by atoms with Gasteiger partial charge in [-0.1, -0.05) is 30.7 Å². The van der Waals surface area contributed by atoms with E-state index in [2.05, 4.69) is 24.0 Å². The maximum atomic E-state index is 14.2. The Hall–Kier alpha value is -2.81. The highest BCUT2D eigenvalue weighted by Crippen LogP contribution is 2.32. The zero-order valence-corrected chi connectivity index (χ0v) is 16.5. The van der Waals surface area contributed by atoms with Gasteiger partial charge in [0.1, 0.15) is 17.3 Å². The first-order chi connectivity index (χ1) is 13.6. The maximum absolute atomic E-state index is 14.2. The van der Waals surface area contributed by atoms with Crippen LogP contribution >= 0.6 is 0 Å². The molecule has 0 unspecified atom stereocenters. The van der Waals surface area contributed by atoms with E-state index < -0.39 is 0 Å². The number of nitrogens with zero attached hydrogens (tertiary/aromatic N) is 1. The minimum atomic E-state index is -0.219. The highest BCUT2D eigenvalue weighted by Gasteiger charge is 2.22. The van der Waals surface area contributed by atoms with E-state index in [0.29, 0.717) is 17.4 Å². The van der Waals surface area contributed by atoms with Crippen LogP contribution in [-0.2, 0) is 0 Å². The number of hydrogen-bond donors (Lipinski definition) is 0. The molecule has 1 fully saturated rings. The number of rotatable bonds is 5. The number of hydrogen-bond acceptors (Lipinski definition) is 2. The molecule has 3 aromatic carbocycles. The average molecular weight is 375 g/mol. The topological polar surface area (TPSA) is 12.5 Å². The molecule has 2 nitrogen and oxygen atoms in total. The van der Waals surface area contributed by atoms with Crippen LogP contribution in [0.2, 0.25) is 0 Å². The lowest BCUT2D eigenvalue weighted by Gasteiger charge is -2.26. The average Bonchev–Trinajstić information content (AvgIpc) is 3.19. The van der Waals surface area contributed by atoms with Gasteiger partial charge in [0, 0.05) is 23.8 Å². The van der Waals surface area contributed by atoms with Crippen LogP contribution in [0.3, 0.4) is 0 Å². The lowest BCUT2D eigenvalue weighted by Crippen LogP contribution is -2.28. The van der Waals surface area contributed by atoms with E-state index in [0.717, 1.165) is 23.4 Å². The van der Waals surface area contributed by atoms with Gasteiger partial charge in [-0.05, 0) is 80.3 Å². The maximum Gasteiger partial charge on any atom is 0.131 e. The predicted molar refractivity (Wildman–Crippen MR) is 114 cm³/mol. The molecule has 0 saturated carbocycles. The van der Waals surface area contributed by atoms with Crippen molar-refractivity contribution in [1.29, 1.82) is 0 Å². The van der Waals surface area contributed by atoms with Gasteiger partial charge in [-0.2, -0.15) is 0 Å². The highest BCUT2D eigenvalue weighted by molar-refractivity contribution is 5.66. The summed E-state index contributed by atoms with van der Waals surface area (Å²) in [4.78, 5) is 2.49. The first-order valence-electron chi connectivity index (χ1n) is 10.0. The summed E-state index contributed by atoms with van der Waals surface area (Å²) in [6.07, 6.45) is 3.72. The number of anilines is 1. The zero-order valence-electron chi connectivity index (χ0n) is 16.5. The van der Waals surface area contributed by atoms with Crippen molar-refractivity contribution in [3.63, 3.8) is 0 Å². The van der Waals surface area contributed by atoms with E-state index in [1.165, 1.54) is 31.0 Å². The molecule has 0 amide bonds. The standard InChI is InChI=1S/C25H26FNO/c1-3-20-7-5-15-27(20)21-10-12-22(13-11-21)28-23-8-4-6-19(17-23)24-16-18(2)9-14-25(24)26/h4,6,8-14,16-17,20H,3,5,7,15H2,1-2H3/t20-/m1/s1. The second kappa shape index (κ2) is 8.05. The van der Waals surface area contributed by atoms with Crippen LogP contribution in [0, 0.1) is 12.7 Å². The highest BCUT2D eigenvalue weighted by atomic mass is 19.1. The Labute approximate surface area is 166 Å². The molecule has 28 heavy (non-hydrogen) atoms. The van der Waals surface area contributed by atoms with Gasteiger partial charge in [0.05, 0.1) is 0 Å². The molecule has 0 spiro atoms. The van der Waals surface area contributed by atoms with Gasteiger partial charge < -0.3 is 9.64 Å². The fourth-order valence-electron chi connectivity index (χ4n) is 4.03. The van der Waals surface area contributed by atoms with Crippen LogP contribution < -0.4 is 9.64 Å². The fraction of sp³-hybridized carbons (Fsp3) is 0.280. The largest absolute Gasteiger partial charge is 0.457 e. The van der Waals surface area contributed by atoms with E-state index in [1.807, 2.05) is 49.4 Å². The molecule has 4 rings (SSSR count). The second-order valence-corrected chi connectivity index (χ2v) is 7.50. The van der Waals surface area contributed by atoms with Crippen molar-refractivity contribution in [2.45, 2.75) is 39.2 Å². The van der Waals surface area contributed by atoms with E-state index in [-0.39, 0.29) is 5.82 Å². The number of benzene rings is 3. The Bertz CT molecular complexity index is 951. The van der Waals surface area contributed by atoms with Crippen molar-refractivity contribution >= 4 is 5.69 Å². The van der Waals surface area contributed by atoms with E-state index in [4.69, 9.17) is 4.74 Å². The summed E-state index contributed by atoms with van der Waals surface area (Å²) in [6, 6.07) is 21.7. The molecular weight excluding hydrogens is 349 g/mol.